The molecule has 10 nitrogen and oxygen atoms in total. The number of carboxylic acids is 1. The first-order chi connectivity index (χ1) is 16.5. The van der Waals surface area contributed by atoms with E-state index in [1.54, 1.807) is 24.3 Å². The molecule has 4 rings (SSSR count). The summed E-state index contributed by atoms with van der Waals surface area (Å²) in [6, 6.07) is 15.2. The van der Waals surface area contributed by atoms with Gasteiger partial charge in [0.2, 0.25) is 5.09 Å². The van der Waals surface area contributed by atoms with Crippen molar-refractivity contribution in [3.8, 4) is 5.75 Å². The third-order valence-electron chi connectivity index (χ3n) is 4.85. The molecule has 0 bridgehead atoms. The number of nitrogens with one attached hydrogen (secondary N) is 2. The molecule has 0 unspecified atom stereocenters. The Bertz CT molecular complexity index is 1630. The molecule has 3 aromatic carbocycles. The number of anilines is 2. The number of carbonyl (C=O) groups is 1. The molecule has 0 aliphatic heterocycles. The van der Waals surface area contributed by atoms with Crippen LogP contribution in [0.5, 0.6) is 5.75 Å². The van der Waals surface area contributed by atoms with E-state index in [0.29, 0.717) is 11.0 Å². The lowest BCUT2D eigenvalue weighted by molar-refractivity contribution is 0.0692. The summed E-state index contributed by atoms with van der Waals surface area (Å²) in [5, 5.41) is 9.71. The Hall–Kier alpha value is -3.74. The molecule has 0 aliphatic rings. The maximum atomic E-state index is 13.1. The average molecular weight is 537 g/mol. The minimum Gasteiger partial charge on any atom is -0.497 e. The van der Waals surface area contributed by atoms with Crippen molar-refractivity contribution in [1.82, 2.24) is 0 Å². The fourth-order valence-corrected chi connectivity index (χ4v) is 5.71. The van der Waals surface area contributed by atoms with Crippen molar-refractivity contribution in [3.63, 3.8) is 0 Å². The van der Waals surface area contributed by atoms with Gasteiger partial charge < -0.3 is 14.3 Å². The van der Waals surface area contributed by atoms with Crippen LogP contribution in [0, 0.1) is 0 Å². The smallest absolute Gasteiger partial charge is 0.337 e. The van der Waals surface area contributed by atoms with E-state index in [1.165, 1.54) is 37.4 Å². The van der Waals surface area contributed by atoms with Crippen LogP contribution in [0.15, 0.2) is 81.1 Å². The van der Waals surface area contributed by atoms with Crippen LogP contribution in [-0.4, -0.2) is 35.0 Å². The van der Waals surface area contributed by atoms with Crippen LogP contribution in [0.2, 0.25) is 5.02 Å². The first kappa shape index (κ1) is 24.4. The number of para-hydroxylation sites is 1. The van der Waals surface area contributed by atoms with Crippen LogP contribution in [0.25, 0.3) is 11.0 Å². The second-order valence-corrected chi connectivity index (χ2v) is 10.9. The van der Waals surface area contributed by atoms with Gasteiger partial charge in [0.25, 0.3) is 20.0 Å². The predicted octanol–water partition coefficient (Wildman–Crippen LogP) is 4.39. The molecule has 182 valence electrons. The third kappa shape index (κ3) is 5.04. The standard InChI is InChI=1S/C22H17ClN2O8S2/c1-32-15-7-8-16(22(26)27)20(12-15)34(28,29)24-17-9-6-14(23)11-18(17)25-35(30,31)21-10-13-4-2-3-5-19(13)33-21/h2-12,24-25H,1H3,(H,26,27). The van der Waals surface area contributed by atoms with Gasteiger partial charge in [-0.05, 0) is 36.4 Å². The Labute approximate surface area is 205 Å². The molecule has 0 atom stereocenters. The second kappa shape index (κ2) is 9.13. The van der Waals surface area contributed by atoms with Gasteiger partial charge >= 0.3 is 5.97 Å². The highest BCUT2D eigenvalue weighted by molar-refractivity contribution is 7.93. The van der Waals surface area contributed by atoms with E-state index in [-0.39, 0.29) is 22.1 Å². The number of hydrogen-bond acceptors (Lipinski definition) is 7. The van der Waals surface area contributed by atoms with Crippen LogP contribution in [0.1, 0.15) is 10.4 Å². The fraction of sp³-hybridized carbons (Fsp3) is 0.0455. The summed E-state index contributed by atoms with van der Waals surface area (Å²) in [5.41, 5.74) is -0.565. The summed E-state index contributed by atoms with van der Waals surface area (Å²) >= 11 is 6.02. The number of benzene rings is 3. The SMILES string of the molecule is COc1ccc(C(=O)O)c(S(=O)(=O)Nc2ccc(Cl)cc2NS(=O)(=O)c2cc3ccccc3o2)c1. The quantitative estimate of drug-likeness (QED) is 0.300. The molecule has 13 heteroatoms. The average Bonchev–Trinajstić information content (AvgIpc) is 3.25. The van der Waals surface area contributed by atoms with E-state index >= 15 is 0 Å². The zero-order valence-corrected chi connectivity index (χ0v) is 20.2. The van der Waals surface area contributed by atoms with Crippen molar-refractivity contribution in [2.45, 2.75) is 9.99 Å². The number of fused-ring (bicyclic) bond motifs is 1. The molecule has 0 amide bonds. The summed E-state index contributed by atoms with van der Waals surface area (Å²) < 4.78 is 67.1. The molecule has 1 heterocycles. The van der Waals surface area contributed by atoms with Gasteiger partial charge in [0, 0.05) is 22.5 Å². The van der Waals surface area contributed by atoms with Crippen LogP contribution in [0.3, 0.4) is 0 Å². The topological polar surface area (TPSA) is 152 Å². The van der Waals surface area contributed by atoms with Crippen molar-refractivity contribution in [3.05, 3.63) is 77.3 Å². The summed E-state index contributed by atoms with van der Waals surface area (Å²) in [6.07, 6.45) is 0. The summed E-state index contributed by atoms with van der Waals surface area (Å²) in [6.45, 7) is 0. The highest BCUT2D eigenvalue weighted by Crippen LogP contribution is 2.32. The van der Waals surface area contributed by atoms with Crippen molar-refractivity contribution in [2.24, 2.45) is 0 Å². The third-order valence-corrected chi connectivity index (χ3v) is 7.71. The number of rotatable bonds is 8. The van der Waals surface area contributed by atoms with Gasteiger partial charge in [0.15, 0.2) is 0 Å². The molecule has 0 radical (unpaired) electrons. The minimum atomic E-state index is -4.51. The summed E-state index contributed by atoms with van der Waals surface area (Å²) in [4.78, 5) is 11.0. The first-order valence-electron chi connectivity index (χ1n) is 9.75. The van der Waals surface area contributed by atoms with E-state index in [9.17, 15) is 26.7 Å². The van der Waals surface area contributed by atoms with Crippen molar-refractivity contribution in [1.29, 1.82) is 0 Å². The van der Waals surface area contributed by atoms with Crippen molar-refractivity contribution >= 4 is 60.0 Å². The Morgan fingerprint density at radius 3 is 2.31 bits per heavy atom. The molecule has 0 fully saturated rings. The highest BCUT2D eigenvalue weighted by Gasteiger charge is 2.26. The molecule has 3 N–H and O–H groups in total. The number of carboxylic acid groups (broad SMARTS) is 1. The number of halogens is 1. The lowest BCUT2D eigenvalue weighted by Crippen LogP contribution is -2.19. The maximum absolute atomic E-state index is 13.1. The van der Waals surface area contributed by atoms with Gasteiger partial charge in [-0.25, -0.2) is 13.2 Å². The van der Waals surface area contributed by atoms with Crippen molar-refractivity contribution in [2.75, 3.05) is 16.6 Å². The van der Waals surface area contributed by atoms with Gasteiger partial charge in [0.05, 0.1) is 24.0 Å². The van der Waals surface area contributed by atoms with Gasteiger partial charge in [-0.2, -0.15) is 8.42 Å². The monoisotopic (exact) mass is 536 g/mol. The van der Waals surface area contributed by atoms with E-state index < -0.39 is 41.6 Å². The lowest BCUT2D eigenvalue weighted by Gasteiger charge is -2.15. The van der Waals surface area contributed by atoms with Gasteiger partial charge in [0.1, 0.15) is 16.2 Å². The Morgan fingerprint density at radius 1 is 0.914 bits per heavy atom. The van der Waals surface area contributed by atoms with Crippen LogP contribution in [0.4, 0.5) is 11.4 Å². The number of methoxy groups -OCH3 is 1. The van der Waals surface area contributed by atoms with E-state index in [1.807, 2.05) is 0 Å². The molecule has 4 aromatic rings. The first-order valence-corrected chi connectivity index (χ1v) is 13.1. The Kier molecular flexibility index (Phi) is 6.36. The van der Waals surface area contributed by atoms with Crippen LogP contribution >= 0.6 is 11.6 Å². The number of sulfonamides is 2. The Morgan fingerprint density at radius 2 is 1.63 bits per heavy atom. The Balaban J connectivity index is 1.73. The van der Waals surface area contributed by atoms with E-state index in [0.717, 1.165) is 12.1 Å². The highest BCUT2D eigenvalue weighted by atomic mass is 35.5. The molecule has 0 saturated heterocycles. The molecular formula is C22H17ClN2O8S2. The largest absolute Gasteiger partial charge is 0.497 e. The molecule has 0 aliphatic carbocycles. The van der Waals surface area contributed by atoms with E-state index in [2.05, 4.69) is 9.44 Å². The zero-order chi connectivity index (χ0) is 25.4. The number of furan rings is 1. The summed E-state index contributed by atoms with van der Waals surface area (Å²) in [5.74, 6) is -1.37. The normalized spacial score (nSPS) is 11.8. The van der Waals surface area contributed by atoms with Gasteiger partial charge in [-0.1, -0.05) is 29.8 Å². The molecular weight excluding hydrogens is 520 g/mol. The molecule has 35 heavy (non-hydrogen) atoms. The lowest BCUT2D eigenvalue weighted by atomic mass is 10.2. The molecule has 1 aromatic heterocycles. The minimum absolute atomic E-state index is 0.109. The molecule has 0 spiro atoms. The van der Waals surface area contributed by atoms with Crippen LogP contribution in [-0.2, 0) is 20.0 Å². The van der Waals surface area contributed by atoms with Gasteiger partial charge in [-0.15, -0.1) is 0 Å². The zero-order valence-electron chi connectivity index (χ0n) is 17.9. The van der Waals surface area contributed by atoms with E-state index in [4.69, 9.17) is 20.8 Å². The summed E-state index contributed by atoms with van der Waals surface area (Å²) in [7, 11) is -7.51. The van der Waals surface area contributed by atoms with Crippen LogP contribution < -0.4 is 14.2 Å². The van der Waals surface area contributed by atoms with Crippen molar-refractivity contribution < 1.29 is 35.9 Å². The fourth-order valence-electron chi connectivity index (χ4n) is 3.20. The number of hydrogen-bond donors (Lipinski definition) is 3. The second-order valence-electron chi connectivity index (χ2n) is 7.17. The number of ether oxygens (including phenoxy) is 1. The number of aromatic carboxylic acids is 1. The van der Waals surface area contributed by atoms with Gasteiger partial charge in [-0.3, -0.25) is 9.44 Å². The molecule has 0 saturated carbocycles. The predicted molar refractivity (Wildman–Crippen MR) is 129 cm³/mol. The maximum Gasteiger partial charge on any atom is 0.337 e.